The third kappa shape index (κ3) is 7.49. The molecule has 0 unspecified atom stereocenters. The van der Waals surface area contributed by atoms with Crippen molar-refractivity contribution in [1.82, 2.24) is 5.32 Å². The first-order valence-electron chi connectivity index (χ1n) is 7.21. The Hall–Kier alpha value is -1.50. The van der Waals surface area contributed by atoms with Crippen molar-refractivity contribution in [3.63, 3.8) is 0 Å². The normalized spacial score (nSPS) is 10.3. The van der Waals surface area contributed by atoms with Crippen molar-refractivity contribution in [2.75, 3.05) is 45.4 Å². The quantitative estimate of drug-likeness (QED) is 0.647. The first-order valence-corrected chi connectivity index (χ1v) is 7.59. The highest BCUT2D eigenvalue weighted by Gasteiger charge is 2.06. The molecule has 0 atom stereocenters. The fraction of sp³-hybridized carbons (Fsp3) is 0.533. The Morgan fingerprint density at radius 1 is 1.27 bits per heavy atom. The van der Waals surface area contributed by atoms with Crippen LogP contribution in [0.1, 0.15) is 13.3 Å². The standard InChI is InChI=1S/C15H23ClN2O4/c1-3-21-8-4-7-17-15(19)18-12-5-6-14(13(16)11-12)22-10-9-20-2/h5-6,11H,3-4,7-10H2,1-2H3,(H2,17,18,19). The molecule has 0 saturated carbocycles. The van der Waals surface area contributed by atoms with Gasteiger partial charge in [-0.2, -0.15) is 0 Å². The van der Waals surface area contributed by atoms with Gasteiger partial charge >= 0.3 is 6.03 Å². The number of urea groups is 1. The van der Waals surface area contributed by atoms with Gasteiger partial charge in [0.2, 0.25) is 0 Å². The van der Waals surface area contributed by atoms with Gasteiger partial charge in [0.25, 0.3) is 0 Å². The van der Waals surface area contributed by atoms with Crippen molar-refractivity contribution in [3.05, 3.63) is 23.2 Å². The van der Waals surface area contributed by atoms with Gasteiger partial charge in [0.1, 0.15) is 12.4 Å². The monoisotopic (exact) mass is 330 g/mol. The smallest absolute Gasteiger partial charge is 0.319 e. The molecule has 0 aromatic heterocycles. The van der Waals surface area contributed by atoms with Crippen LogP contribution in [-0.2, 0) is 9.47 Å². The predicted molar refractivity (Wildman–Crippen MR) is 87.0 cm³/mol. The lowest BCUT2D eigenvalue weighted by Gasteiger charge is -2.11. The Balaban J connectivity index is 2.36. The van der Waals surface area contributed by atoms with E-state index in [2.05, 4.69) is 10.6 Å². The molecule has 0 aliphatic rings. The minimum absolute atomic E-state index is 0.277. The van der Waals surface area contributed by atoms with Gasteiger partial charge < -0.3 is 24.8 Å². The van der Waals surface area contributed by atoms with E-state index < -0.39 is 0 Å². The Kier molecular flexibility index (Phi) is 9.37. The second-order valence-corrected chi connectivity index (χ2v) is 4.83. The van der Waals surface area contributed by atoms with E-state index in [1.807, 2.05) is 6.92 Å². The summed E-state index contributed by atoms with van der Waals surface area (Å²) in [7, 11) is 1.60. The summed E-state index contributed by atoms with van der Waals surface area (Å²) in [6, 6.07) is 4.81. The van der Waals surface area contributed by atoms with Crippen molar-refractivity contribution >= 4 is 23.3 Å². The first kappa shape index (κ1) is 18.5. The number of hydrogen-bond acceptors (Lipinski definition) is 4. The Labute approximate surface area is 136 Å². The molecule has 0 aliphatic carbocycles. The van der Waals surface area contributed by atoms with Crippen LogP contribution in [0.15, 0.2) is 18.2 Å². The summed E-state index contributed by atoms with van der Waals surface area (Å²) in [4.78, 5) is 11.7. The van der Waals surface area contributed by atoms with Crippen LogP contribution in [0.4, 0.5) is 10.5 Å². The maximum atomic E-state index is 11.7. The zero-order valence-corrected chi connectivity index (χ0v) is 13.7. The molecule has 7 heteroatoms. The average Bonchev–Trinajstić information content (AvgIpc) is 2.49. The minimum Gasteiger partial charge on any atom is -0.490 e. The number of benzene rings is 1. The highest BCUT2D eigenvalue weighted by molar-refractivity contribution is 6.32. The Morgan fingerprint density at radius 2 is 2.09 bits per heavy atom. The maximum absolute atomic E-state index is 11.7. The second-order valence-electron chi connectivity index (χ2n) is 4.42. The predicted octanol–water partition coefficient (Wildman–Crippen LogP) is 2.91. The van der Waals surface area contributed by atoms with Crippen LogP contribution in [-0.4, -0.2) is 46.1 Å². The number of rotatable bonds is 10. The molecule has 0 saturated heterocycles. The summed E-state index contributed by atoms with van der Waals surface area (Å²) in [6.07, 6.45) is 0.772. The molecule has 1 aromatic rings. The molecule has 22 heavy (non-hydrogen) atoms. The number of carbonyl (C=O) groups is 1. The van der Waals surface area contributed by atoms with Gasteiger partial charge in [-0.3, -0.25) is 0 Å². The molecule has 2 N–H and O–H groups in total. The number of methoxy groups -OCH3 is 1. The zero-order valence-electron chi connectivity index (χ0n) is 13.0. The number of hydrogen-bond donors (Lipinski definition) is 2. The zero-order chi connectivity index (χ0) is 16.2. The van der Waals surface area contributed by atoms with Crippen LogP contribution in [0.25, 0.3) is 0 Å². The van der Waals surface area contributed by atoms with Gasteiger partial charge in [-0.1, -0.05) is 11.6 Å². The van der Waals surface area contributed by atoms with Crippen molar-refractivity contribution in [3.8, 4) is 5.75 Å². The van der Waals surface area contributed by atoms with E-state index in [9.17, 15) is 4.79 Å². The third-order valence-electron chi connectivity index (χ3n) is 2.69. The Morgan fingerprint density at radius 3 is 2.77 bits per heavy atom. The van der Waals surface area contributed by atoms with Crippen molar-refractivity contribution in [1.29, 1.82) is 0 Å². The van der Waals surface area contributed by atoms with Crippen LogP contribution in [0.2, 0.25) is 5.02 Å². The molecule has 6 nitrogen and oxygen atoms in total. The number of carbonyl (C=O) groups excluding carboxylic acids is 1. The number of nitrogens with one attached hydrogen (secondary N) is 2. The van der Waals surface area contributed by atoms with Gasteiger partial charge in [-0.25, -0.2) is 4.79 Å². The van der Waals surface area contributed by atoms with Crippen LogP contribution in [0.5, 0.6) is 5.75 Å². The number of ether oxygens (including phenoxy) is 3. The third-order valence-corrected chi connectivity index (χ3v) is 2.99. The lowest BCUT2D eigenvalue weighted by atomic mass is 10.3. The molecule has 1 aromatic carbocycles. The fourth-order valence-electron chi connectivity index (χ4n) is 1.63. The van der Waals surface area contributed by atoms with Crippen molar-refractivity contribution < 1.29 is 19.0 Å². The van der Waals surface area contributed by atoms with E-state index >= 15 is 0 Å². The van der Waals surface area contributed by atoms with Crippen LogP contribution < -0.4 is 15.4 Å². The van der Waals surface area contributed by atoms with E-state index in [1.165, 1.54) is 0 Å². The molecule has 0 radical (unpaired) electrons. The summed E-state index contributed by atoms with van der Waals surface area (Å²) < 4.78 is 15.5. The minimum atomic E-state index is -0.277. The van der Waals surface area contributed by atoms with Gasteiger partial charge in [0, 0.05) is 32.6 Å². The van der Waals surface area contributed by atoms with E-state index in [-0.39, 0.29) is 6.03 Å². The average molecular weight is 331 g/mol. The molecule has 0 heterocycles. The summed E-state index contributed by atoms with van der Waals surface area (Å²) >= 11 is 6.10. The fourth-order valence-corrected chi connectivity index (χ4v) is 1.86. The van der Waals surface area contributed by atoms with E-state index in [4.69, 9.17) is 25.8 Å². The van der Waals surface area contributed by atoms with E-state index in [0.717, 1.165) is 6.42 Å². The highest BCUT2D eigenvalue weighted by atomic mass is 35.5. The second kappa shape index (κ2) is 11.1. The van der Waals surface area contributed by atoms with Crippen LogP contribution in [0.3, 0.4) is 0 Å². The lowest BCUT2D eigenvalue weighted by molar-refractivity contribution is 0.145. The van der Waals surface area contributed by atoms with Crippen molar-refractivity contribution in [2.24, 2.45) is 0 Å². The van der Waals surface area contributed by atoms with Crippen LogP contribution in [0, 0.1) is 0 Å². The number of amides is 2. The van der Waals surface area contributed by atoms with Gasteiger partial charge in [-0.15, -0.1) is 0 Å². The molecular formula is C15H23ClN2O4. The first-order chi connectivity index (χ1) is 10.7. The summed E-state index contributed by atoms with van der Waals surface area (Å²) in [5.74, 6) is 0.557. The van der Waals surface area contributed by atoms with Gasteiger partial charge in [0.05, 0.1) is 11.6 Å². The molecule has 0 bridgehead atoms. The number of halogens is 1. The lowest BCUT2D eigenvalue weighted by Crippen LogP contribution is -2.30. The maximum Gasteiger partial charge on any atom is 0.319 e. The molecule has 0 fully saturated rings. The molecule has 0 spiro atoms. The topological polar surface area (TPSA) is 68.8 Å². The molecule has 2 amide bonds. The molecule has 0 aliphatic heterocycles. The Bertz CT molecular complexity index is 457. The highest BCUT2D eigenvalue weighted by Crippen LogP contribution is 2.27. The molecular weight excluding hydrogens is 308 g/mol. The molecule has 1 rings (SSSR count). The van der Waals surface area contributed by atoms with Crippen molar-refractivity contribution in [2.45, 2.75) is 13.3 Å². The van der Waals surface area contributed by atoms with E-state index in [0.29, 0.717) is 49.4 Å². The SMILES string of the molecule is CCOCCCNC(=O)Nc1ccc(OCCOC)c(Cl)c1. The van der Waals surface area contributed by atoms with Gasteiger partial charge in [-0.05, 0) is 31.5 Å². The summed E-state index contributed by atoms with van der Waals surface area (Å²) in [5, 5.41) is 5.89. The van der Waals surface area contributed by atoms with Crippen LogP contribution >= 0.6 is 11.6 Å². The summed E-state index contributed by atoms with van der Waals surface area (Å²) in [5.41, 5.74) is 0.603. The van der Waals surface area contributed by atoms with E-state index in [1.54, 1.807) is 25.3 Å². The largest absolute Gasteiger partial charge is 0.490 e. The number of anilines is 1. The van der Waals surface area contributed by atoms with Gasteiger partial charge in [0.15, 0.2) is 0 Å². The molecule has 124 valence electrons. The summed E-state index contributed by atoms with van der Waals surface area (Å²) in [6.45, 7) is 4.72.